The summed E-state index contributed by atoms with van der Waals surface area (Å²) in [5.74, 6) is 0.445. The van der Waals surface area contributed by atoms with Crippen LogP contribution in [0.5, 0.6) is 5.75 Å². The Balaban J connectivity index is 1.90. The number of anilines is 1. The molecule has 0 saturated carbocycles. The van der Waals surface area contributed by atoms with Crippen LogP contribution in [0.1, 0.15) is 15.9 Å². The summed E-state index contributed by atoms with van der Waals surface area (Å²) < 4.78 is 5.06. The zero-order chi connectivity index (χ0) is 14.4. The monoisotopic (exact) mass is 270 g/mol. The smallest absolute Gasteiger partial charge is 0.251 e. The summed E-state index contributed by atoms with van der Waals surface area (Å²) in [6, 6.07) is 15.0. The van der Waals surface area contributed by atoms with Gasteiger partial charge in [-0.1, -0.05) is 30.3 Å². The van der Waals surface area contributed by atoms with E-state index in [9.17, 15) is 4.79 Å². The van der Waals surface area contributed by atoms with Crippen LogP contribution in [0.25, 0.3) is 0 Å². The van der Waals surface area contributed by atoms with Crippen molar-refractivity contribution in [3.05, 3.63) is 59.7 Å². The number of hydrogen-bond acceptors (Lipinski definition) is 3. The zero-order valence-electron chi connectivity index (χ0n) is 11.4. The molecule has 2 rings (SSSR count). The van der Waals surface area contributed by atoms with Crippen LogP contribution < -0.4 is 15.8 Å². The minimum absolute atomic E-state index is 0.129. The quantitative estimate of drug-likeness (QED) is 0.819. The molecule has 0 atom stereocenters. The van der Waals surface area contributed by atoms with Crippen molar-refractivity contribution in [1.82, 2.24) is 5.32 Å². The first-order valence-electron chi connectivity index (χ1n) is 6.46. The second kappa shape index (κ2) is 6.61. The van der Waals surface area contributed by atoms with Crippen molar-refractivity contribution in [1.29, 1.82) is 0 Å². The fraction of sp³-hybridized carbons (Fsp3) is 0.188. The van der Waals surface area contributed by atoms with Crippen molar-refractivity contribution in [2.45, 2.75) is 6.42 Å². The number of amides is 1. The van der Waals surface area contributed by atoms with Gasteiger partial charge in [-0.3, -0.25) is 4.79 Å². The lowest BCUT2D eigenvalue weighted by Crippen LogP contribution is -2.25. The Morgan fingerprint density at radius 3 is 2.60 bits per heavy atom. The lowest BCUT2D eigenvalue weighted by molar-refractivity contribution is 0.0954. The first kappa shape index (κ1) is 13.9. The van der Waals surface area contributed by atoms with Crippen LogP contribution in [0.3, 0.4) is 0 Å². The molecule has 3 N–H and O–H groups in total. The number of nitrogens with two attached hydrogens (primary N) is 1. The maximum atomic E-state index is 12.0. The minimum atomic E-state index is -0.129. The number of rotatable bonds is 5. The number of methoxy groups -OCH3 is 1. The van der Waals surface area contributed by atoms with E-state index in [1.807, 2.05) is 30.3 Å². The Hall–Kier alpha value is -2.49. The third-order valence-corrected chi connectivity index (χ3v) is 3.03. The molecule has 0 aliphatic heterocycles. The molecule has 0 aliphatic carbocycles. The molecule has 0 aromatic heterocycles. The summed E-state index contributed by atoms with van der Waals surface area (Å²) >= 11 is 0. The third kappa shape index (κ3) is 3.51. The Bertz CT molecular complexity index is 582. The molecule has 20 heavy (non-hydrogen) atoms. The van der Waals surface area contributed by atoms with Gasteiger partial charge in [0.15, 0.2) is 0 Å². The highest BCUT2D eigenvalue weighted by atomic mass is 16.5. The molecule has 0 fully saturated rings. The first-order valence-corrected chi connectivity index (χ1v) is 6.46. The second-order valence-electron chi connectivity index (χ2n) is 4.45. The van der Waals surface area contributed by atoms with E-state index in [-0.39, 0.29) is 5.91 Å². The van der Waals surface area contributed by atoms with Gasteiger partial charge in [-0.25, -0.2) is 0 Å². The predicted octanol–water partition coefficient (Wildman–Crippen LogP) is 2.25. The minimum Gasteiger partial charge on any atom is -0.495 e. The number of carbonyl (C=O) groups excluding carboxylic acids is 1. The van der Waals surface area contributed by atoms with Crippen LogP contribution in [-0.2, 0) is 6.42 Å². The summed E-state index contributed by atoms with van der Waals surface area (Å²) in [6.07, 6.45) is 0.804. The molecule has 104 valence electrons. The second-order valence-corrected chi connectivity index (χ2v) is 4.45. The molecule has 2 aromatic rings. The Morgan fingerprint density at radius 2 is 1.95 bits per heavy atom. The zero-order valence-corrected chi connectivity index (χ0v) is 11.4. The number of ether oxygens (including phenoxy) is 1. The summed E-state index contributed by atoms with van der Waals surface area (Å²) in [5.41, 5.74) is 7.98. The normalized spacial score (nSPS) is 10.1. The van der Waals surface area contributed by atoms with Crippen molar-refractivity contribution in [2.75, 3.05) is 19.4 Å². The van der Waals surface area contributed by atoms with Crippen molar-refractivity contribution >= 4 is 11.6 Å². The van der Waals surface area contributed by atoms with E-state index in [4.69, 9.17) is 10.5 Å². The van der Waals surface area contributed by atoms with Crippen LogP contribution >= 0.6 is 0 Å². The van der Waals surface area contributed by atoms with Gasteiger partial charge < -0.3 is 15.8 Å². The van der Waals surface area contributed by atoms with Crippen LogP contribution in [-0.4, -0.2) is 19.6 Å². The van der Waals surface area contributed by atoms with Crippen LogP contribution in [0.15, 0.2) is 48.5 Å². The highest BCUT2D eigenvalue weighted by Crippen LogP contribution is 2.21. The lowest BCUT2D eigenvalue weighted by atomic mass is 10.1. The highest BCUT2D eigenvalue weighted by Gasteiger charge is 2.07. The molecule has 2 aromatic carbocycles. The van der Waals surface area contributed by atoms with Gasteiger partial charge >= 0.3 is 0 Å². The number of carbonyl (C=O) groups is 1. The summed E-state index contributed by atoms with van der Waals surface area (Å²) in [4.78, 5) is 12.0. The van der Waals surface area contributed by atoms with Gasteiger partial charge in [-0.05, 0) is 30.2 Å². The lowest BCUT2D eigenvalue weighted by Gasteiger charge is -2.08. The van der Waals surface area contributed by atoms with Gasteiger partial charge in [0.05, 0.1) is 12.8 Å². The SMILES string of the molecule is COc1ccc(C(=O)NCCc2ccccc2)cc1N. The van der Waals surface area contributed by atoms with E-state index in [1.165, 1.54) is 5.56 Å². The molecule has 0 aliphatic rings. The molecule has 0 bridgehead atoms. The fourth-order valence-electron chi connectivity index (χ4n) is 1.94. The van der Waals surface area contributed by atoms with Crippen LogP contribution in [0.4, 0.5) is 5.69 Å². The molecule has 0 unspecified atom stereocenters. The molecule has 0 radical (unpaired) electrons. The van der Waals surface area contributed by atoms with Gasteiger partial charge in [0, 0.05) is 12.1 Å². The molecule has 4 nitrogen and oxygen atoms in total. The van der Waals surface area contributed by atoms with Gasteiger partial charge in [-0.2, -0.15) is 0 Å². The molecule has 0 saturated heterocycles. The van der Waals surface area contributed by atoms with Crippen molar-refractivity contribution in [3.63, 3.8) is 0 Å². The topological polar surface area (TPSA) is 64.3 Å². The average molecular weight is 270 g/mol. The molecule has 1 amide bonds. The number of hydrogen-bond donors (Lipinski definition) is 2. The van der Waals surface area contributed by atoms with Gasteiger partial charge in [0.1, 0.15) is 5.75 Å². The van der Waals surface area contributed by atoms with Gasteiger partial charge in [0.25, 0.3) is 5.91 Å². The third-order valence-electron chi connectivity index (χ3n) is 3.03. The predicted molar refractivity (Wildman–Crippen MR) is 79.9 cm³/mol. The average Bonchev–Trinajstić information content (AvgIpc) is 2.48. The molecular weight excluding hydrogens is 252 g/mol. The maximum absolute atomic E-state index is 12.0. The molecule has 0 heterocycles. The highest BCUT2D eigenvalue weighted by molar-refractivity contribution is 5.95. The van der Waals surface area contributed by atoms with E-state index in [0.717, 1.165) is 6.42 Å². The standard InChI is InChI=1S/C16H18N2O2/c1-20-15-8-7-13(11-14(15)17)16(19)18-10-9-12-5-3-2-4-6-12/h2-8,11H,9-10,17H2,1H3,(H,18,19). The molecular formula is C16H18N2O2. The molecule has 4 heteroatoms. The fourth-order valence-corrected chi connectivity index (χ4v) is 1.94. The Kier molecular flexibility index (Phi) is 4.60. The van der Waals surface area contributed by atoms with E-state index in [2.05, 4.69) is 5.32 Å². The number of nitrogens with one attached hydrogen (secondary N) is 1. The summed E-state index contributed by atoms with van der Waals surface area (Å²) in [7, 11) is 1.55. The van der Waals surface area contributed by atoms with E-state index < -0.39 is 0 Å². The Labute approximate surface area is 118 Å². The maximum Gasteiger partial charge on any atom is 0.251 e. The van der Waals surface area contributed by atoms with Crippen LogP contribution in [0, 0.1) is 0 Å². The summed E-state index contributed by atoms with van der Waals surface area (Å²) in [6.45, 7) is 0.592. The first-order chi connectivity index (χ1) is 9.70. The van der Waals surface area contributed by atoms with Crippen LogP contribution in [0.2, 0.25) is 0 Å². The number of nitrogen functional groups attached to an aromatic ring is 1. The van der Waals surface area contributed by atoms with Crippen molar-refractivity contribution < 1.29 is 9.53 Å². The van der Waals surface area contributed by atoms with Crippen molar-refractivity contribution in [3.8, 4) is 5.75 Å². The van der Waals surface area contributed by atoms with E-state index in [0.29, 0.717) is 23.5 Å². The van der Waals surface area contributed by atoms with E-state index in [1.54, 1.807) is 25.3 Å². The van der Waals surface area contributed by atoms with Crippen molar-refractivity contribution in [2.24, 2.45) is 0 Å². The largest absolute Gasteiger partial charge is 0.495 e. The van der Waals surface area contributed by atoms with E-state index >= 15 is 0 Å². The van der Waals surface area contributed by atoms with Gasteiger partial charge in [0.2, 0.25) is 0 Å². The molecule has 0 spiro atoms. The Morgan fingerprint density at radius 1 is 1.20 bits per heavy atom. The summed E-state index contributed by atoms with van der Waals surface area (Å²) in [5, 5.41) is 2.88. The van der Waals surface area contributed by atoms with Gasteiger partial charge in [-0.15, -0.1) is 0 Å². The number of benzene rings is 2.